The largest absolute Gasteiger partial charge is 0.497 e. The Balaban J connectivity index is 1.41. The number of hydrogen-bond acceptors (Lipinski definition) is 8. The lowest BCUT2D eigenvalue weighted by molar-refractivity contribution is 0.00718. The summed E-state index contributed by atoms with van der Waals surface area (Å²) in [4.78, 5) is 33.9. The maximum atomic E-state index is 13.4. The number of ether oxygens (including phenoxy) is 2. The third-order valence-electron chi connectivity index (χ3n) is 7.96. The minimum absolute atomic E-state index is 0.0194. The molecule has 3 heterocycles. The first-order valence-electron chi connectivity index (χ1n) is 13.4. The standard InChI is InChI=1S/C30H32N6O4/c1-34(17-19-7-9-21(39-2)10-8-19)25-15-28(35-14-13-22-20(18-37)5-4-6-24(22)35)33-36-26(16-31-29(25)36)30(38)32-23-11-12-27(23)40-3/h4-10,15-16,18,23,27H,11-14,17H2,1-3H3,(H,32,38)/t23-,27-/m1/s1. The fraction of sp³-hybridized carbons (Fsp3) is 0.333. The number of anilines is 3. The van der Waals surface area contributed by atoms with Gasteiger partial charge in [0.2, 0.25) is 0 Å². The van der Waals surface area contributed by atoms with E-state index in [1.165, 1.54) is 0 Å². The van der Waals surface area contributed by atoms with E-state index in [2.05, 4.69) is 20.1 Å². The molecule has 2 aromatic carbocycles. The van der Waals surface area contributed by atoms with Gasteiger partial charge in [0.1, 0.15) is 12.0 Å². The zero-order valence-corrected chi connectivity index (χ0v) is 22.8. The normalized spacial score (nSPS) is 17.8. The Morgan fingerprint density at radius 2 is 2.00 bits per heavy atom. The number of hydrogen-bond donors (Lipinski definition) is 1. The molecule has 0 unspecified atom stereocenters. The summed E-state index contributed by atoms with van der Waals surface area (Å²) in [6, 6.07) is 15.6. The second-order valence-electron chi connectivity index (χ2n) is 10.3. The minimum Gasteiger partial charge on any atom is -0.497 e. The van der Waals surface area contributed by atoms with E-state index >= 15 is 0 Å². The Kier molecular flexibility index (Phi) is 6.85. The van der Waals surface area contributed by atoms with Crippen LogP contribution in [0.1, 0.15) is 44.8 Å². The number of aromatic nitrogens is 3. The molecule has 4 aromatic rings. The summed E-state index contributed by atoms with van der Waals surface area (Å²) in [5.74, 6) is 1.24. The molecule has 1 aliphatic heterocycles. The van der Waals surface area contributed by atoms with Crippen LogP contribution in [0.25, 0.3) is 5.65 Å². The first-order chi connectivity index (χ1) is 19.5. The predicted molar refractivity (Wildman–Crippen MR) is 152 cm³/mol. The molecule has 1 saturated carbocycles. The van der Waals surface area contributed by atoms with Gasteiger partial charge in [0.05, 0.1) is 31.1 Å². The zero-order valence-electron chi connectivity index (χ0n) is 22.8. The Hall–Kier alpha value is -4.44. The second-order valence-corrected chi connectivity index (χ2v) is 10.3. The lowest BCUT2D eigenvalue weighted by Crippen LogP contribution is -2.51. The summed E-state index contributed by atoms with van der Waals surface area (Å²) < 4.78 is 12.4. The number of imidazole rings is 1. The molecule has 2 aliphatic rings. The van der Waals surface area contributed by atoms with E-state index in [0.29, 0.717) is 35.8 Å². The van der Waals surface area contributed by atoms with E-state index < -0.39 is 0 Å². The number of carbonyl (C=O) groups is 2. The number of benzene rings is 2. The van der Waals surface area contributed by atoms with Gasteiger partial charge in [-0.15, -0.1) is 5.10 Å². The van der Waals surface area contributed by atoms with Crippen molar-refractivity contribution in [2.75, 3.05) is 37.6 Å². The van der Waals surface area contributed by atoms with Crippen LogP contribution in [-0.2, 0) is 17.7 Å². The highest BCUT2D eigenvalue weighted by atomic mass is 16.5. The number of nitrogens with zero attached hydrogens (tertiary/aromatic N) is 5. The van der Waals surface area contributed by atoms with Gasteiger partial charge in [-0.3, -0.25) is 9.59 Å². The van der Waals surface area contributed by atoms with Gasteiger partial charge in [0.15, 0.2) is 17.2 Å². The molecule has 1 N–H and O–H groups in total. The smallest absolute Gasteiger partial charge is 0.271 e. The monoisotopic (exact) mass is 540 g/mol. The molecule has 0 saturated heterocycles. The summed E-state index contributed by atoms with van der Waals surface area (Å²) in [5.41, 5.74) is 5.52. The molecule has 40 heavy (non-hydrogen) atoms. The molecule has 1 aliphatic carbocycles. The molecule has 2 atom stereocenters. The van der Waals surface area contributed by atoms with Crippen LogP contribution in [0, 0.1) is 0 Å². The first kappa shape index (κ1) is 25.8. The quantitative estimate of drug-likeness (QED) is 0.320. The SMILES string of the molecule is COc1ccc(CN(C)c2cc(N3CCc4c(C=O)cccc43)nn3c(C(=O)N[C@@H]4CC[C@H]4OC)cnc23)cc1. The fourth-order valence-corrected chi connectivity index (χ4v) is 5.57. The molecule has 0 radical (unpaired) electrons. The summed E-state index contributed by atoms with van der Waals surface area (Å²) >= 11 is 0. The Bertz CT molecular complexity index is 1560. The lowest BCUT2D eigenvalue weighted by atomic mass is 9.89. The van der Waals surface area contributed by atoms with Gasteiger partial charge in [-0.1, -0.05) is 24.3 Å². The summed E-state index contributed by atoms with van der Waals surface area (Å²) in [6.45, 7) is 1.29. The van der Waals surface area contributed by atoms with Crippen LogP contribution < -0.4 is 19.9 Å². The van der Waals surface area contributed by atoms with Crippen molar-refractivity contribution in [2.45, 2.75) is 38.0 Å². The lowest BCUT2D eigenvalue weighted by Gasteiger charge is -2.35. The summed E-state index contributed by atoms with van der Waals surface area (Å²) in [6.07, 6.45) is 5.03. The number of amides is 1. The average molecular weight is 541 g/mol. The molecule has 0 spiro atoms. The third kappa shape index (κ3) is 4.54. The van der Waals surface area contributed by atoms with Gasteiger partial charge < -0.3 is 24.6 Å². The molecular weight excluding hydrogens is 508 g/mol. The predicted octanol–water partition coefficient (Wildman–Crippen LogP) is 3.79. The van der Waals surface area contributed by atoms with Gasteiger partial charge >= 0.3 is 0 Å². The molecule has 2 aromatic heterocycles. The number of rotatable bonds is 9. The van der Waals surface area contributed by atoms with Crippen molar-refractivity contribution in [3.8, 4) is 5.75 Å². The summed E-state index contributed by atoms with van der Waals surface area (Å²) in [5, 5.41) is 8.00. The van der Waals surface area contributed by atoms with E-state index in [-0.39, 0.29) is 18.1 Å². The summed E-state index contributed by atoms with van der Waals surface area (Å²) in [7, 11) is 5.31. The van der Waals surface area contributed by atoms with Crippen molar-refractivity contribution in [2.24, 2.45) is 0 Å². The van der Waals surface area contributed by atoms with Crippen molar-refractivity contribution < 1.29 is 19.1 Å². The van der Waals surface area contributed by atoms with Gasteiger partial charge in [-0.25, -0.2) is 9.50 Å². The molecule has 1 amide bonds. The van der Waals surface area contributed by atoms with E-state index in [0.717, 1.165) is 53.8 Å². The van der Waals surface area contributed by atoms with Crippen LogP contribution in [0.4, 0.5) is 17.2 Å². The topological polar surface area (TPSA) is 101 Å². The van der Waals surface area contributed by atoms with E-state index in [1.807, 2.05) is 55.6 Å². The first-order valence-corrected chi connectivity index (χ1v) is 13.4. The van der Waals surface area contributed by atoms with Crippen molar-refractivity contribution in [3.05, 3.63) is 77.1 Å². The highest BCUT2D eigenvalue weighted by molar-refractivity contribution is 5.94. The average Bonchev–Trinajstić information content (AvgIpc) is 3.60. The minimum atomic E-state index is -0.238. The van der Waals surface area contributed by atoms with Crippen LogP contribution in [0.5, 0.6) is 5.75 Å². The van der Waals surface area contributed by atoms with E-state index in [4.69, 9.17) is 14.6 Å². The van der Waals surface area contributed by atoms with E-state index in [9.17, 15) is 9.59 Å². The van der Waals surface area contributed by atoms with Gasteiger partial charge in [-0.05, 0) is 48.6 Å². The van der Waals surface area contributed by atoms with Crippen molar-refractivity contribution >= 4 is 35.0 Å². The van der Waals surface area contributed by atoms with Crippen molar-refractivity contribution in [1.82, 2.24) is 19.9 Å². The highest BCUT2D eigenvalue weighted by Gasteiger charge is 2.33. The van der Waals surface area contributed by atoms with Gasteiger partial charge in [-0.2, -0.15) is 0 Å². The molecule has 206 valence electrons. The fourth-order valence-electron chi connectivity index (χ4n) is 5.57. The molecule has 1 fully saturated rings. The van der Waals surface area contributed by atoms with E-state index in [1.54, 1.807) is 24.9 Å². The van der Waals surface area contributed by atoms with Gasteiger partial charge in [0.25, 0.3) is 5.91 Å². The number of fused-ring (bicyclic) bond motifs is 2. The Morgan fingerprint density at radius 1 is 1.18 bits per heavy atom. The molecule has 10 heteroatoms. The Labute approximate surface area is 232 Å². The van der Waals surface area contributed by atoms with Crippen molar-refractivity contribution in [3.63, 3.8) is 0 Å². The van der Waals surface area contributed by atoms with Crippen LogP contribution in [0.3, 0.4) is 0 Å². The third-order valence-corrected chi connectivity index (χ3v) is 7.96. The number of carbonyl (C=O) groups excluding carboxylic acids is 2. The van der Waals surface area contributed by atoms with Crippen LogP contribution >= 0.6 is 0 Å². The van der Waals surface area contributed by atoms with Gasteiger partial charge in [0, 0.05) is 44.6 Å². The number of methoxy groups -OCH3 is 2. The van der Waals surface area contributed by atoms with Crippen molar-refractivity contribution in [1.29, 1.82) is 0 Å². The van der Waals surface area contributed by atoms with Crippen LogP contribution in [0.15, 0.2) is 54.7 Å². The molecular formula is C30H32N6O4. The molecule has 0 bridgehead atoms. The molecule has 10 nitrogen and oxygen atoms in total. The number of nitrogens with one attached hydrogen (secondary N) is 1. The number of aldehydes is 1. The van der Waals surface area contributed by atoms with Crippen LogP contribution in [-0.4, -0.2) is 66.7 Å². The zero-order chi connectivity index (χ0) is 27.8. The maximum absolute atomic E-state index is 13.4. The Morgan fingerprint density at radius 3 is 2.70 bits per heavy atom. The highest BCUT2D eigenvalue weighted by Crippen LogP contribution is 2.37. The molecule has 6 rings (SSSR count). The maximum Gasteiger partial charge on any atom is 0.271 e. The van der Waals surface area contributed by atoms with Crippen LogP contribution in [0.2, 0.25) is 0 Å². The second kappa shape index (κ2) is 10.6.